The van der Waals surface area contributed by atoms with Gasteiger partial charge >= 0.3 is 0 Å². The van der Waals surface area contributed by atoms with Gasteiger partial charge < -0.3 is 10.3 Å². The van der Waals surface area contributed by atoms with Gasteiger partial charge in [-0.1, -0.05) is 24.3 Å². The second-order valence-corrected chi connectivity index (χ2v) is 7.70. The smallest absolute Gasteiger partial charge is 0.216 e. The number of benzene rings is 1. The van der Waals surface area contributed by atoms with Crippen molar-refractivity contribution in [2.45, 2.75) is 25.2 Å². The van der Waals surface area contributed by atoms with Gasteiger partial charge in [-0.05, 0) is 42.2 Å². The number of fused-ring (bicyclic) bond motifs is 2. The number of H-pyrrole nitrogens is 1. The zero-order valence-corrected chi connectivity index (χ0v) is 16.1. The Balaban J connectivity index is 1.60. The number of nitrogens with one attached hydrogen (secondary N) is 2. The first-order valence-electron chi connectivity index (χ1n) is 9.71. The molecule has 144 valence electrons. The third-order valence-corrected chi connectivity index (χ3v) is 5.78. The van der Waals surface area contributed by atoms with Crippen LogP contribution in [-0.4, -0.2) is 32.4 Å². The largest absolute Gasteiger partial charge is 0.355 e. The second-order valence-electron chi connectivity index (χ2n) is 7.70. The van der Waals surface area contributed by atoms with Crippen molar-refractivity contribution in [2.24, 2.45) is 0 Å². The molecule has 3 heterocycles. The average molecular weight is 383 g/mol. The van der Waals surface area contributed by atoms with Gasteiger partial charge in [0.15, 0.2) is 0 Å². The summed E-state index contributed by atoms with van der Waals surface area (Å²) in [4.78, 5) is 28.4. The van der Waals surface area contributed by atoms with E-state index < -0.39 is 0 Å². The summed E-state index contributed by atoms with van der Waals surface area (Å²) in [5, 5.41) is 4.02. The van der Waals surface area contributed by atoms with Gasteiger partial charge in [-0.2, -0.15) is 0 Å². The fourth-order valence-electron chi connectivity index (χ4n) is 4.35. The third kappa shape index (κ3) is 3.06. The highest BCUT2D eigenvalue weighted by molar-refractivity contribution is 5.90. The standard InChI is InChI=1S/C23H21N5O/c1-15(29)26-13-23(11-17-4-2-3-5-18(17)12-23)20-10-16(6-8-24-20)21-19-7-9-25-22(19)28-14-27-21/h2-10,14H,11-13H2,1H3,(H,26,29)(H,25,27,28). The Morgan fingerprint density at radius 1 is 1.10 bits per heavy atom. The summed E-state index contributed by atoms with van der Waals surface area (Å²) in [5.41, 5.74) is 6.04. The SMILES string of the molecule is CC(=O)NCC1(c2cc(-c3ncnc4[nH]ccc34)ccn2)Cc2ccccc2C1. The molecule has 0 unspecified atom stereocenters. The summed E-state index contributed by atoms with van der Waals surface area (Å²) in [6.07, 6.45) is 6.99. The number of nitrogens with zero attached hydrogens (tertiary/aromatic N) is 3. The molecule has 0 bridgehead atoms. The highest BCUT2D eigenvalue weighted by atomic mass is 16.1. The Labute approximate surface area is 168 Å². The molecule has 1 aliphatic rings. The van der Waals surface area contributed by atoms with Crippen molar-refractivity contribution in [1.29, 1.82) is 0 Å². The van der Waals surface area contributed by atoms with E-state index in [0.29, 0.717) is 6.54 Å². The molecule has 4 aromatic rings. The lowest BCUT2D eigenvalue weighted by Crippen LogP contribution is -2.41. The van der Waals surface area contributed by atoms with Crippen molar-refractivity contribution in [1.82, 2.24) is 25.3 Å². The van der Waals surface area contributed by atoms with Gasteiger partial charge in [-0.3, -0.25) is 9.78 Å². The first-order chi connectivity index (χ1) is 14.1. The van der Waals surface area contributed by atoms with Crippen LogP contribution in [0.4, 0.5) is 0 Å². The zero-order valence-electron chi connectivity index (χ0n) is 16.1. The van der Waals surface area contributed by atoms with Crippen LogP contribution in [0.15, 0.2) is 61.2 Å². The quantitative estimate of drug-likeness (QED) is 0.567. The fraction of sp³-hybridized carbons (Fsp3) is 0.217. The number of amides is 1. The van der Waals surface area contributed by atoms with Gasteiger partial charge in [0.05, 0.1) is 5.69 Å². The van der Waals surface area contributed by atoms with E-state index in [4.69, 9.17) is 4.98 Å². The van der Waals surface area contributed by atoms with E-state index >= 15 is 0 Å². The van der Waals surface area contributed by atoms with Crippen molar-refractivity contribution in [3.05, 3.63) is 78.0 Å². The molecule has 0 spiro atoms. The van der Waals surface area contributed by atoms with Crippen LogP contribution in [0.25, 0.3) is 22.3 Å². The molecule has 1 amide bonds. The van der Waals surface area contributed by atoms with E-state index in [0.717, 1.165) is 40.8 Å². The molecule has 0 atom stereocenters. The number of carbonyl (C=O) groups is 1. The molecule has 29 heavy (non-hydrogen) atoms. The van der Waals surface area contributed by atoms with E-state index in [-0.39, 0.29) is 11.3 Å². The predicted octanol–water partition coefficient (Wildman–Crippen LogP) is 3.19. The Kier molecular flexibility index (Phi) is 4.12. The molecule has 3 aromatic heterocycles. The summed E-state index contributed by atoms with van der Waals surface area (Å²) >= 11 is 0. The predicted molar refractivity (Wildman–Crippen MR) is 111 cm³/mol. The lowest BCUT2D eigenvalue weighted by molar-refractivity contribution is -0.119. The van der Waals surface area contributed by atoms with Crippen LogP contribution in [0.1, 0.15) is 23.7 Å². The van der Waals surface area contributed by atoms with Crippen LogP contribution in [0.3, 0.4) is 0 Å². The van der Waals surface area contributed by atoms with Gasteiger partial charge in [-0.15, -0.1) is 0 Å². The monoisotopic (exact) mass is 383 g/mol. The van der Waals surface area contributed by atoms with Crippen molar-refractivity contribution in [3.63, 3.8) is 0 Å². The normalized spacial score (nSPS) is 14.7. The van der Waals surface area contributed by atoms with Gasteiger partial charge in [0.1, 0.15) is 12.0 Å². The van der Waals surface area contributed by atoms with Crippen LogP contribution in [0, 0.1) is 0 Å². The number of aromatic nitrogens is 4. The van der Waals surface area contributed by atoms with E-state index in [1.807, 2.05) is 24.5 Å². The van der Waals surface area contributed by atoms with Gasteiger partial charge in [-0.25, -0.2) is 9.97 Å². The molecule has 0 saturated heterocycles. The maximum Gasteiger partial charge on any atom is 0.216 e. The molecule has 5 rings (SSSR count). The van der Waals surface area contributed by atoms with Gasteiger partial charge in [0.25, 0.3) is 0 Å². The van der Waals surface area contributed by atoms with Crippen molar-refractivity contribution < 1.29 is 4.79 Å². The summed E-state index contributed by atoms with van der Waals surface area (Å²) in [6, 6.07) is 14.6. The number of carbonyl (C=O) groups excluding carboxylic acids is 1. The lowest BCUT2D eigenvalue weighted by atomic mass is 9.80. The Bertz CT molecular complexity index is 1190. The summed E-state index contributed by atoms with van der Waals surface area (Å²) < 4.78 is 0. The van der Waals surface area contributed by atoms with Crippen molar-refractivity contribution >= 4 is 16.9 Å². The second kappa shape index (κ2) is 6.81. The van der Waals surface area contributed by atoms with Crippen LogP contribution >= 0.6 is 0 Å². The highest BCUT2D eigenvalue weighted by Gasteiger charge is 2.40. The summed E-state index contributed by atoms with van der Waals surface area (Å²) in [6.45, 7) is 2.11. The Morgan fingerprint density at radius 3 is 2.66 bits per heavy atom. The summed E-state index contributed by atoms with van der Waals surface area (Å²) in [5.74, 6) is -0.0266. The lowest BCUT2D eigenvalue weighted by Gasteiger charge is -2.29. The molecule has 6 heteroatoms. The molecule has 2 N–H and O–H groups in total. The van der Waals surface area contributed by atoms with Crippen LogP contribution in [-0.2, 0) is 23.1 Å². The number of hydrogen-bond acceptors (Lipinski definition) is 4. The molecular weight excluding hydrogens is 362 g/mol. The van der Waals surface area contributed by atoms with Crippen LogP contribution in [0.2, 0.25) is 0 Å². The summed E-state index contributed by atoms with van der Waals surface area (Å²) in [7, 11) is 0. The third-order valence-electron chi connectivity index (χ3n) is 5.78. The molecule has 0 radical (unpaired) electrons. The molecule has 0 saturated carbocycles. The van der Waals surface area contributed by atoms with Crippen molar-refractivity contribution in [3.8, 4) is 11.3 Å². The number of hydrogen-bond donors (Lipinski definition) is 2. The maximum atomic E-state index is 11.7. The van der Waals surface area contributed by atoms with Gasteiger partial charge in [0.2, 0.25) is 5.91 Å². The minimum absolute atomic E-state index is 0.0266. The molecule has 0 aliphatic heterocycles. The Hall–Kier alpha value is -3.54. The maximum absolute atomic E-state index is 11.7. The number of pyridine rings is 1. The van der Waals surface area contributed by atoms with Gasteiger partial charge in [0, 0.05) is 47.9 Å². The van der Waals surface area contributed by atoms with Crippen molar-refractivity contribution in [2.75, 3.05) is 6.54 Å². The van der Waals surface area contributed by atoms with Crippen LogP contribution < -0.4 is 5.32 Å². The molecule has 6 nitrogen and oxygen atoms in total. The fourth-order valence-corrected chi connectivity index (χ4v) is 4.35. The minimum atomic E-state index is -0.268. The topological polar surface area (TPSA) is 83.6 Å². The minimum Gasteiger partial charge on any atom is -0.355 e. The zero-order chi connectivity index (χ0) is 19.8. The highest BCUT2D eigenvalue weighted by Crippen LogP contribution is 2.40. The first kappa shape index (κ1) is 17.6. The Morgan fingerprint density at radius 2 is 1.90 bits per heavy atom. The number of aromatic amines is 1. The first-order valence-corrected chi connectivity index (χ1v) is 9.71. The van der Waals surface area contributed by atoms with E-state index in [1.54, 1.807) is 13.3 Å². The molecular formula is C23H21N5O. The van der Waals surface area contributed by atoms with Crippen LogP contribution in [0.5, 0.6) is 0 Å². The van der Waals surface area contributed by atoms with E-state index in [1.165, 1.54) is 11.1 Å². The molecule has 1 aromatic carbocycles. The van der Waals surface area contributed by atoms with E-state index in [9.17, 15) is 4.79 Å². The number of rotatable bonds is 4. The molecule has 0 fully saturated rings. The average Bonchev–Trinajstić information content (AvgIpc) is 3.37. The van der Waals surface area contributed by atoms with E-state index in [2.05, 4.69) is 50.6 Å². The molecule has 1 aliphatic carbocycles.